The van der Waals surface area contributed by atoms with Gasteiger partial charge in [0, 0.05) is 12.0 Å². The first-order valence-corrected chi connectivity index (χ1v) is 11.5. The number of amides is 1. The van der Waals surface area contributed by atoms with Gasteiger partial charge >= 0.3 is 5.85 Å². The number of hydrazone groups is 1. The van der Waals surface area contributed by atoms with E-state index in [1.165, 1.54) is 0 Å². The van der Waals surface area contributed by atoms with Gasteiger partial charge in [0.25, 0.3) is 5.24 Å². The Morgan fingerprint density at radius 2 is 1.85 bits per heavy atom. The van der Waals surface area contributed by atoms with E-state index in [2.05, 4.69) is 23.5 Å². The summed E-state index contributed by atoms with van der Waals surface area (Å²) in [6.45, 7) is 0. The number of nitrogens with one attached hydrogen (secondary N) is 1. The summed E-state index contributed by atoms with van der Waals surface area (Å²) >= 11 is 1.14. The van der Waals surface area contributed by atoms with Gasteiger partial charge < -0.3 is 9.47 Å². The molecule has 0 aromatic heterocycles. The molecule has 6 nitrogen and oxygen atoms in total. The zero-order chi connectivity index (χ0) is 22.4. The standard InChI is InChI=1S/C26H21N3O3S/c1-31-19-13-11-17(12-14-19)15-24-26(27-25(30)33-24)29-22(20-9-5-6-10-23(20)32-26)16-21(28-29)18-7-3-2-4-8-18/h2-15,22H,16H2,1H3,(H,27,30). The van der Waals surface area contributed by atoms with Crippen LogP contribution in [0.2, 0.25) is 0 Å². The van der Waals surface area contributed by atoms with E-state index in [4.69, 9.17) is 14.6 Å². The Hall–Kier alpha value is -3.71. The molecule has 164 valence electrons. The smallest absolute Gasteiger partial charge is 0.314 e. The predicted molar refractivity (Wildman–Crippen MR) is 129 cm³/mol. The molecule has 3 aliphatic rings. The molecule has 1 fully saturated rings. The lowest BCUT2D eigenvalue weighted by Crippen LogP contribution is -2.61. The molecule has 1 amide bonds. The highest BCUT2D eigenvalue weighted by atomic mass is 32.2. The summed E-state index contributed by atoms with van der Waals surface area (Å²) in [6.07, 6.45) is 2.70. The maximum absolute atomic E-state index is 12.7. The number of benzene rings is 3. The zero-order valence-electron chi connectivity index (χ0n) is 17.9. The quantitative estimate of drug-likeness (QED) is 0.574. The SMILES string of the molecule is COc1ccc(C=C2SC(=O)NC23Oc2ccccc2C2CC(c4ccccc4)=NN23)cc1. The van der Waals surface area contributed by atoms with Crippen molar-refractivity contribution in [3.63, 3.8) is 0 Å². The van der Waals surface area contributed by atoms with E-state index >= 15 is 0 Å². The molecule has 1 saturated heterocycles. The van der Waals surface area contributed by atoms with Crippen molar-refractivity contribution >= 4 is 28.8 Å². The van der Waals surface area contributed by atoms with Crippen molar-refractivity contribution in [3.05, 3.63) is 100 Å². The van der Waals surface area contributed by atoms with Crippen LogP contribution in [0.1, 0.15) is 29.2 Å². The van der Waals surface area contributed by atoms with Crippen LogP contribution in [0.3, 0.4) is 0 Å². The first kappa shape index (κ1) is 19.9. The fourth-order valence-corrected chi connectivity index (χ4v) is 5.43. The third-order valence-corrected chi connectivity index (χ3v) is 7.00. The molecule has 3 aromatic rings. The summed E-state index contributed by atoms with van der Waals surface area (Å²) in [7, 11) is 1.64. The van der Waals surface area contributed by atoms with Crippen LogP contribution in [-0.4, -0.2) is 28.9 Å². The van der Waals surface area contributed by atoms with Crippen LogP contribution in [0.5, 0.6) is 11.5 Å². The zero-order valence-corrected chi connectivity index (χ0v) is 18.7. The summed E-state index contributed by atoms with van der Waals surface area (Å²) in [5, 5.41) is 9.83. The van der Waals surface area contributed by atoms with Gasteiger partial charge in [-0.05, 0) is 47.2 Å². The highest BCUT2D eigenvalue weighted by Gasteiger charge is 2.58. The Kier molecular flexibility index (Phi) is 4.66. The predicted octanol–water partition coefficient (Wildman–Crippen LogP) is 5.39. The second-order valence-electron chi connectivity index (χ2n) is 8.06. The number of hydrogen-bond acceptors (Lipinski definition) is 6. The highest BCUT2D eigenvalue weighted by molar-refractivity contribution is 8.17. The fourth-order valence-electron chi connectivity index (χ4n) is 4.52. The second-order valence-corrected chi connectivity index (χ2v) is 9.07. The van der Waals surface area contributed by atoms with Crippen LogP contribution in [0, 0.1) is 0 Å². The topological polar surface area (TPSA) is 63.2 Å². The average Bonchev–Trinajstić information content (AvgIpc) is 3.43. The fraction of sp³-hybridized carbons (Fsp3) is 0.154. The van der Waals surface area contributed by atoms with Crippen molar-refractivity contribution in [1.82, 2.24) is 10.3 Å². The van der Waals surface area contributed by atoms with E-state index in [-0.39, 0.29) is 11.3 Å². The van der Waals surface area contributed by atoms with Crippen LogP contribution in [-0.2, 0) is 0 Å². The van der Waals surface area contributed by atoms with E-state index in [9.17, 15) is 4.79 Å². The van der Waals surface area contributed by atoms with Crippen LogP contribution in [0.4, 0.5) is 4.79 Å². The summed E-state index contributed by atoms with van der Waals surface area (Å²) in [4.78, 5) is 13.5. The van der Waals surface area contributed by atoms with E-state index in [0.29, 0.717) is 0 Å². The highest BCUT2D eigenvalue weighted by Crippen LogP contribution is 2.52. The molecule has 6 rings (SSSR count). The number of carbonyl (C=O) groups excluding carboxylic acids is 1. The molecule has 0 saturated carbocycles. The van der Waals surface area contributed by atoms with Gasteiger partial charge in [0.1, 0.15) is 11.5 Å². The van der Waals surface area contributed by atoms with Crippen LogP contribution in [0.25, 0.3) is 6.08 Å². The van der Waals surface area contributed by atoms with E-state index in [0.717, 1.165) is 57.0 Å². The number of thioether (sulfide) groups is 1. The Balaban J connectivity index is 1.49. The van der Waals surface area contributed by atoms with Gasteiger partial charge in [0.2, 0.25) is 0 Å². The van der Waals surface area contributed by atoms with Gasteiger partial charge in [0.05, 0.1) is 23.8 Å². The lowest BCUT2D eigenvalue weighted by Gasteiger charge is -2.45. The normalized spacial score (nSPS) is 24.2. The average molecular weight is 456 g/mol. The Morgan fingerprint density at radius 1 is 1.09 bits per heavy atom. The number of fused-ring (bicyclic) bond motifs is 4. The van der Waals surface area contributed by atoms with Crippen LogP contribution >= 0.6 is 11.8 Å². The minimum Gasteiger partial charge on any atom is -0.497 e. The number of carbonyl (C=O) groups is 1. The minimum atomic E-state index is -1.20. The summed E-state index contributed by atoms with van der Waals surface area (Å²) in [5.74, 6) is 0.336. The number of methoxy groups -OCH3 is 1. The van der Waals surface area contributed by atoms with Crippen molar-refractivity contribution in [2.45, 2.75) is 18.3 Å². The van der Waals surface area contributed by atoms with Gasteiger partial charge in [-0.25, -0.2) is 5.01 Å². The largest absolute Gasteiger partial charge is 0.497 e. The van der Waals surface area contributed by atoms with E-state index in [1.54, 1.807) is 7.11 Å². The number of nitrogens with zero attached hydrogens (tertiary/aromatic N) is 2. The second kappa shape index (κ2) is 7.71. The van der Waals surface area contributed by atoms with E-state index in [1.807, 2.05) is 71.7 Å². The first-order chi connectivity index (χ1) is 16.2. The molecule has 2 unspecified atom stereocenters. The molecule has 3 heterocycles. The lowest BCUT2D eigenvalue weighted by molar-refractivity contribution is -0.0949. The summed E-state index contributed by atoms with van der Waals surface area (Å²) in [5.41, 5.74) is 4.04. The molecule has 3 aromatic carbocycles. The van der Waals surface area contributed by atoms with Gasteiger partial charge in [-0.2, -0.15) is 5.10 Å². The maximum atomic E-state index is 12.7. The molecule has 33 heavy (non-hydrogen) atoms. The Morgan fingerprint density at radius 3 is 2.64 bits per heavy atom. The van der Waals surface area contributed by atoms with Crippen molar-refractivity contribution in [2.24, 2.45) is 5.10 Å². The molecule has 0 aliphatic carbocycles. The Bertz CT molecular complexity index is 1290. The first-order valence-electron chi connectivity index (χ1n) is 10.7. The lowest BCUT2D eigenvalue weighted by atomic mass is 9.95. The van der Waals surface area contributed by atoms with Crippen LogP contribution in [0.15, 0.2) is 88.9 Å². The van der Waals surface area contributed by atoms with Crippen LogP contribution < -0.4 is 14.8 Å². The third kappa shape index (κ3) is 3.27. The number of rotatable bonds is 3. The molecule has 1 N–H and O–H groups in total. The third-order valence-electron chi connectivity index (χ3n) is 6.10. The maximum Gasteiger partial charge on any atom is 0.314 e. The van der Waals surface area contributed by atoms with Gasteiger partial charge in [-0.3, -0.25) is 10.1 Å². The molecule has 1 spiro atoms. The van der Waals surface area contributed by atoms with Gasteiger partial charge in [0.15, 0.2) is 0 Å². The minimum absolute atomic E-state index is 0.0524. The van der Waals surface area contributed by atoms with Crippen molar-refractivity contribution in [1.29, 1.82) is 0 Å². The number of hydrogen-bond donors (Lipinski definition) is 1. The molecule has 3 aliphatic heterocycles. The molecular weight excluding hydrogens is 434 g/mol. The molecule has 2 atom stereocenters. The van der Waals surface area contributed by atoms with Crippen molar-refractivity contribution < 1.29 is 14.3 Å². The molecular formula is C26H21N3O3S. The molecule has 0 radical (unpaired) electrons. The van der Waals surface area contributed by atoms with Gasteiger partial charge in [-0.1, -0.05) is 60.7 Å². The van der Waals surface area contributed by atoms with Gasteiger partial charge in [-0.15, -0.1) is 0 Å². The molecule has 0 bridgehead atoms. The van der Waals surface area contributed by atoms with Crippen molar-refractivity contribution in [3.8, 4) is 11.5 Å². The summed E-state index contributed by atoms with van der Waals surface area (Å²) < 4.78 is 11.8. The van der Waals surface area contributed by atoms with E-state index < -0.39 is 5.85 Å². The number of ether oxygens (including phenoxy) is 2. The summed E-state index contributed by atoms with van der Waals surface area (Å²) in [6, 6.07) is 25.8. The number of para-hydroxylation sites is 1. The molecule has 7 heteroatoms. The van der Waals surface area contributed by atoms with Crippen molar-refractivity contribution in [2.75, 3.05) is 7.11 Å². The Labute approximate surface area is 195 Å². The monoisotopic (exact) mass is 455 g/mol.